The molecule has 1 aliphatic heterocycles. The highest BCUT2D eigenvalue weighted by molar-refractivity contribution is 5.92. The molecule has 1 N–H and O–H groups in total. The van der Waals surface area contributed by atoms with E-state index in [0.29, 0.717) is 24.6 Å². The van der Waals surface area contributed by atoms with Gasteiger partial charge in [-0.1, -0.05) is 11.2 Å². The molecule has 7 heteroatoms. The van der Waals surface area contributed by atoms with Gasteiger partial charge in [-0.15, -0.1) is 0 Å². The van der Waals surface area contributed by atoms with Gasteiger partial charge in [-0.3, -0.25) is 9.78 Å². The highest BCUT2D eigenvalue weighted by atomic mass is 16.5. The molecule has 7 nitrogen and oxygen atoms in total. The molecule has 1 fully saturated rings. The fraction of sp³-hybridized carbons (Fsp3) is 0.400. The third-order valence-electron chi connectivity index (χ3n) is 3.57. The van der Waals surface area contributed by atoms with E-state index in [0.717, 1.165) is 6.42 Å². The Morgan fingerprint density at radius 1 is 1.41 bits per heavy atom. The summed E-state index contributed by atoms with van der Waals surface area (Å²) >= 11 is 0. The predicted octanol–water partition coefficient (Wildman–Crippen LogP) is 1.27. The van der Waals surface area contributed by atoms with Gasteiger partial charge in [0.15, 0.2) is 0 Å². The standard InChI is InChI=1S/C15H17N3O4/c1-20-13-5-7-21-9-12(13)17-15(19)14-8-11(18-22-14)10-4-2-3-6-16-10/h2-4,6,8,12-13H,5,7,9H2,1H3,(H,17,19)/t12-,13-/m1/s1. The molecule has 0 aromatic carbocycles. The highest BCUT2D eigenvalue weighted by Gasteiger charge is 2.28. The number of nitrogens with zero attached hydrogens (tertiary/aromatic N) is 2. The van der Waals surface area contributed by atoms with E-state index in [1.807, 2.05) is 12.1 Å². The summed E-state index contributed by atoms with van der Waals surface area (Å²) in [7, 11) is 1.63. The van der Waals surface area contributed by atoms with Crippen LogP contribution in [0.3, 0.4) is 0 Å². The van der Waals surface area contributed by atoms with Crippen molar-refractivity contribution in [1.82, 2.24) is 15.5 Å². The van der Waals surface area contributed by atoms with E-state index < -0.39 is 0 Å². The van der Waals surface area contributed by atoms with Crippen LogP contribution in [0.1, 0.15) is 17.0 Å². The average Bonchev–Trinajstić information content (AvgIpc) is 3.06. The second-order valence-electron chi connectivity index (χ2n) is 5.01. The Labute approximate surface area is 127 Å². The van der Waals surface area contributed by atoms with Gasteiger partial charge < -0.3 is 19.3 Å². The number of methoxy groups -OCH3 is 1. The molecular weight excluding hydrogens is 286 g/mol. The van der Waals surface area contributed by atoms with Crippen LogP contribution in [0.2, 0.25) is 0 Å². The Bertz CT molecular complexity index is 629. The lowest BCUT2D eigenvalue weighted by atomic mass is 10.1. The van der Waals surface area contributed by atoms with Crippen LogP contribution >= 0.6 is 0 Å². The van der Waals surface area contributed by atoms with Gasteiger partial charge in [0, 0.05) is 26.0 Å². The Kier molecular flexibility index (Phi) is 4.45. The van der Waals surface area contributed by atoms with E-state index in [1.165, 1.54) is 0 Å². The van der Waals surface area contributed by atoms with Gasteiger partial charge >= 0.3 is 0 Å². The van der Waals surface area contributed by atoms with Crippen molar-refractivity contribution in [3.05, 3.63) is 36.2 Å². The lowest BCUT2D eigenvalue weighted by Gasteiger charge is -2.30. The van der Waals surface area contributed by atoms with Crippen molar-refractivity contribution in [2.45, 2.75) is 18.6 Å². The second-order valence-corrected chi connectivity index (χ2v) is 5.01. The largest absolute Gasteiger partial charge is 0.379 e. The quantitative estimate of drug-likeness (QED) is 0.915. The highest BCUT2D eigenvalue weighted by Crippen LogP contribution is 2.17. The third-order valence-corrected chi connectivity index (χ3v) is 3.57. The molecule has 0 bridgehead atoms. The SMILES string of the molecule is CO[C@@H]1CCOC[C@H]1NC(=O)c1cc(-c2ccccn2)no1. The molecule has 2 aromatic heterocycles. The summed E-state index contributed by atoms with van der Waals surface area (Å²) in [6.07, 6.45) is 2.35. The van der Waals surface area contributed by atoms with Crippen molar-refractivity contribution >= 4 is 5.91 Å². The lowest BCUT2D eigenvalue weighted by molar-refractivity contribution is -0.0351. The molecule has 0 radical (unpaired) electrons. The number of hydrogen-bond acceptors (Lipinski definition) is 6. The molecule has 0 saturated carbocycles. The normalized spacial score (nSPS) is 21.5. The maximum absolute atomic E-state index is 12.2. The first-order valence-corrected chi connectivity index (χ1v) is 7.07. The van der Waals surface area contributed by atoms with Crippen molar-refractivity contribution < 1.29 is 18.8 Å². The number of rotatable bonds is 4. The number of pyridine rings is 1. The van der Waals surface area contributed by atoms with Crippen molar-refractivity contribution in [2.24, 2.45) is 0 Å². The molecule has 0 aliphatic carbocycles. The molecule has 3 rings (SSSR count). The molecule has 0 spiro atoms. The molecule has 2 atom stereocenters. The van der Waals surface area contributed by atoms with Gasteiger partial charge in [-0.05, 0) is 18.6 Å². The zero-order valence-electron chi connectivity index (χ0n) is 12.2. The first-order chi connectivity index (χ1) is 10.8. The molecule has 116 valence electrons. The second kappa shape index (κ2) is 6.67. The van der Waals surface area contributed by atoms with Crippen molar-refractivity contribution in [3.8, 4) is 11.4 Å². The summed E-state index contributed by atoms with van der Waals surface area (Å²) in [5.74, 6) is -0.201. The van der Waals surface area contributed by atoms with Crippen LogP contribution in [0.25, 0.3) is 11.4 Å². The van der Waals surface area contributed by atoms with Crippen LogP contribution in [0, 0.1) is 0 Å². The van der Waals surface area contributed by atoms with Crippen LogP contribution in [0.5, 0.6) is 0 Å². The van der Waals surface area contributed by atoms with Gasteiger partial charge in [0.05, 0.1) is 24.4 Å². The van der Waals surface area contributed by atoms with E-state index in [2.05, 4.69) is 15.5 Å². The minimum Gasteiger partial charge on any atom is -0.379 e. The number of carbonyl (C=O) groups excluding carboxylic acids is 1. The van der Waals surface area contributed by atoms with Gasteiger partial charge in [-0.2, -0.15) is 0 Å². The summed E-state index contributed by atoms with van der Waals surface area (Å²) in [5, 5.41) is 6.74. The summed E-state index contributed by atoms with van der Waals surface area (Å²) < 4.78 is 15.8. The van der Waals surface area contributed by atoms with Crippen molar-refractivity contribution in [1.29, 1.82) is 0 Å². The predicted molar refractivity (Wildman–Crippen MR) is 77.2 cm³/mol. The topological polar surface area (TPSA) is 86.5 Å². The Morgan fingerprint density at radius 2 is 2.32 bits per heavy atom. The Hall–Kier alpha value is -2.25. The first kappa shape index (κ1) is 14.7. The summed E-state index contributed by atoms with van der Waals surface area (Å²) in [5.41, 5.74) is 1.18. The summed E-state index contributed by atoms with van der Waals surface area (Å²) in [6, 6.07) is 6.83. The molecule has 2 aromatic rings. The van der Waals surface area contributed by atoms with E-state index in [9.17, 15) is 4.79 Å². The van der Waals surface area contributed by atoms with Gasteiger partial charge in [0.2, 0.25) is 5.76 Å². The van der Waals surface area contributed by atoms with Crippen LogP contribution < -0.4 is 5.32 Å². The van der Waals surface area contributed by atoms with E-state index >= 15 is 0 Å². The monoisotopic (exact) mass is 303 g/mol. The van der Waals surface area contributed by atoms with Crippen LogP contribution in [-0.2, 0) is 9.47 Å². The van der Waals surface area contributed by atoms with Crippen molar-refractivity contribution in [2.75, 3.05) is 20.3 Å². The summed E-state index contributed by atoms with van der Waals surface area (Å²) in [6.45, 7) is 1.06. The van der Waals surface area contributed by atoms with E-state index in [4.69, 9.17) is 14.0 Å². The Morgan fingerprint density at radius 3 is 3.09 bits per heavy atom. The van der Waals surface area contributed by atoms with Gasteiger partial charge in [0.1, 0.15) is 5.69 Å². The zero-order chi connectivity index (χ0) is 15.4. The molecule has 1 amide bonds. The van der Waals surface area contributed by atoms with E-state index in [-0.39, 0.29) is 23.8 Å². The molecule has 22 heavy (non-hydrogen) atoms. The van der Waals surface area contributed by atoms with E-state index in [1.54, 1.807) is 25.4 Å². The molecule has 1 saturated heterocycles. The molecular formula is C15H17N3O4. The van der Waals surface area contributed by atoms with Crippen LogP contribution in [-0.4, -0.2) is 48.5 Å². The zero-order valence-corrected chi connectivity index (χ0v) is 12.2. The number of hydrogen-bond donors (Lipinski definition) is 1. The maximum atomic E-state index is 12.2. The minimum absolute atomic E-state index is 0.0594. The van der Waals surface area contributed by atoms with Crippen LogP contribution in [0.4, 0.5) is 0 Å². The number of ether oxygens (including phenoxy) is 2. The molecule has 1 aliphatic rings. The average molecular weight is 303 g/mol. The van der Waals surface area contributed by atoms with Gasteiger partial charge in [-0.25, -0.2) is 0 Å². The first-order valence-electron chi connectivity index (χ1n) is 7.07. The third kappa shape index (κ3) is 3.15. The smallest absolute Gasteiger partial charge is 0.290 e. The fourth-order valence-corrected chi connectivity index (χ4v) is 2.39. The molecule has 3 heterocycles. The molecule has 0 unspecified atom stereocenters. The van der Waals surface area contributed by atoms with Crippen molar-refractivity contribution in [3.63, 3.8) is 0 Å². The number of aromatic nitrogens is 2. The lowest BCUT2D eigenvalue weighted by Crippen LogP contribution is -2.50. The minimum atomic E-state index is -0.341. The Balaban J connectivity index is 1.69. The number of amides is 1. The van der Waals surface area contributed by atoms with Crippen LogP contribution in [0.15, 0.2) is 35.0 Å². The number of nitrogens with one attached hydrogen (secondary N) is 1. The maximum Gasteiger partial charge on any atom is 0.290 e. The van der Waals surface area contributed by atoms with Gasteiger partial charge in [0.25, 0.3) is 5.91 Å². The fourth-order valence-electron chi connectivity index (χ4n) is 2.39. The number of carbonyl (C=O) groups is 1. The summed E-state index contributed by atoms with van der Waals surface area (Å²) in [4.78, 5) is 16.4.